The molecule has 1 aliphatic heterocycles. The number of carbonyl (C=O) groups is 1. The molecule has 17 heavy (non-hydrogen) atoms. The number of nitrogens with zero attached hydrogens (tertiary/aromatic N) is 2. The molecule has 1 saturated heterocycles. The van der Waals surface area contributed by atoms with Crippen LogP contribution in [0.5, 0.6) is 0 Å². The summed E-state index contributed by atoms with van der Waals surface area (Å²) in [6.45, 7) is 0.0189. The van der Waals surface area contributed by atoms with Crippen LogP contribution in [0.2, 0.25) is 5.15 Å². The average molecular weight is 276 g/mol. The van der Waals surface area contributed by atoms with Gasteiger partial charge in [0, 0.05) is 13.0 Å². The molecule has 0 bridgehead atoms. The third kappa shape index (κ3) is 2.56. The van der Waals surface area contributed by atoms with Crippen molar-refractivity contribution in [2.45, 2.75) is 11.7 Å². The quantitative estimate of drug-likeness (QED) is 0.776. The molecule has 0 aliphatic carbocycles. The molecule has 1 fully saturated rings. The molecule has 2 N–H and O–H groups in total. The van der Waals surface area contributed by atoms with Gasteiger partial charge in [0.1, 0.15) is 16.2 Å². The minimum absolute atomic E-state index is 0.0189. The Morgan fingerprint density at radius 1 is 1.47 bits per heavy atom. The van der Waals surface area contributed by atoms with Crippen molar-refractivity contribution >= 4 is 33.3 Å². The molecule has 1 amide bonds. The number of amides is 1. The topological polar surface area (TPSA) is 93.4 Å². The highest BCUT2D eigenvalue weighted by Gasteiger charge is 2.37. The molecule has 8 heteroatoms. The Hall–Kier alpha value is -1.18. The first-order valence-electron chi connectivity index (χ1n) is 4.82. The Kier molecular flexibility index (Phi) is 3.07. The third-order valence-electron chi connectivity index (χ3n) is 2.53. The molecule has 0 spiro atoms. The second kappa shape index (κ2) is 4.25. The molecule has 1 aromatic heterocycles. The molecule has 0 radical (unpaired) electrons. The van der Waals surface area contributed by atoms with Crippen LogP contribution in [0.3, 0.4) is 0 Å². The van der Waals surface area contributed by atoms with E-state index in [1.807, 2.05) is 0 Å². The number of aromatic nitrogens is 1. The summed E-state index contributed by atoms with van der Waals surface area (Å²) < 4.78 is 22.4. The summed E-state index contributed by atoms with van der Waals surface area (Å²) in [6, 6.07) is 4.81. The van der Waals surface area contributed by atoms with Crippen LogP contribution in [0.25, 0.3) is 0 Å². The predicted molar refractivity (Wildman–Crippen MR) is 63.1 cm³/mol. The summed E-state index contributed by atoms with van der Waals surface area (Å²) in [4.78, 5) is 16.9. The average Bonchev–Trinajstić information content (AvgIpc) is 2.60. The van der Waals surface area contributed by atoms with Gasteiger partial charge < -0.3 is 0 Å². The van der Waals surface area contributed by atoms with Crippen LogP contribution in [0.15, 0.2) is 18.2 Å². The van der Waals surface area contributed by atoms with Crippen molar-refractivity contribution in [3.05, 3.63) is 23.4 Å². The molecule has 1 atom stereocenters. The molecule has 0 aromatic carbocycles. The maximum Gasteiger partial charge on any atom is 0.229 e. The van der Waals surface area contributed by atoms with Crippen LogP contribution >= 0.6 is 11.6 Å². The first-order chi connectivity index (χ1) is 7.88. The molecular formula is C9H10ClN3O3S. The molecule has 1 unspecified atom stereocenters. The van der Waals surface area contributed by atoms with Crippen molar-refractivity contribution < 1.29 is 13.2 Å². The van der Waals surface area contributed by atoms with E-state index in [9.17, 15) is 13.2 Å². The summed E-state index contributed by atoms with van der Waals surface area (Å²) in [5.41, 5.74) is 0. The Bertz CT molecular complexity index is 560. The minimum atomic E-state index is -3.71. The van der Waals surface area contributed by atoms with Crippen LogP contribution in [0.1, 0.15) is 6.42 Å². The van der Waals surface area contributed by atoms with E-state index in [4.69, 9.17) is 16.7 Å². The van der Waals surface area contributed by atoms with Gasteiger partial charge in [-0.2, -0.15) is 0 Å². The van der Waals surface area contributed by atoms with Gasteiger partial charge in [-0.05, 0) is 12.1 Å². The lowest BCUT2D eigenvalue weighted by Gasteiger charge is -2.14. The minimum Gasteiger partial charge on any atom is -0.295 e. The van der Waals surface area contributed by atoms with Gasteiger partial charge in [-0.3, -0.25) is 9.69 Å². The van der Waals surface area contributed by atoms with E-state index in [-0.39, 0.29) is 24.0 Å². The lowest BCUT2D eigenvalue weighted by molar-refractivity contribution is -0.117. The first-order valence-corrected chi connectivity index (χ1v) is 6.81. The second-order valence-corrected chi connectivity index (χ2v) is 5.97. The maximum absolute atomic E-state index is 11.7. The zero-order valence-corrected chi connectivity index (χ0v) is 10.3. The number of anilines is 1. The number of hydrogen-bond donors (Lipinski definition) is 1. The van der Waals surface area contributed by atoms with Crippen LogP contribution in [0.4, 0.5) is 5.82 Å². The molecule has 92 valence electrons. The zero-order valence-electron chi connectivity index (χ0n) is 8.71. The van der Waals surface area contributed by atoms with Crippen LogP contribution in [-0.2, 0) is 14.8 Å². The Morgan fingerprint density at radius 3 is 2.71 bits per heavy atom. The van der Waals surface area contributed by atoms with E-state index in [0.717, 1.165) is 0 Å². The van der Waals surface area contributed by atoms with Crippen LogP contribution in [0, 0.1) is 0 Å². The molecule has 2 heterocycles. The van der Waals surface area contributed by atoms with Crippen molar-refractivity contribution in [3.63, 3.8) is 0 Å². The number of sulfonamides is 1. The number of carbonyl (C=O) groups excluding carboxylic acids is 1. The molecule has 1 aromatic rings. The van der Waals surface area contributed by atoms with Crippen molar-refractivity contribution in [1.82, 2.24) is 4.98 Å². The zero-order chi connectivity index (χ0) is 12.6. The van der Waals surface area contributed by atoms with Gasteiger partial charge in [0.25, 0.3) is 0 Å². The van der Waals surface area contributed by atoms with Gasteiger partial charge in [-0.1, -0.05) is 17.7 Å². The largest absolute Gasteiger partial charge is 0.295 e. The molecule has 0 saturated carbocycles. The number of hydrogen-bond acceptors (Lipinski definition) is 4. The number of primary sulfonamides is 1. The van der Waals surface area contributed by atoms with Crippen molar-refractivity contribution in [2.75, 3.05) is 11.4 Å². The summed E-state index contributed by atoms with van der Waals surface area (Å²) in [5, 5.41) is 4.39. The second-order valence-electron chi connectivity index (χ2n) is 3.74. The lowest BCUT2D eigenvalue weighted by Crippen LogP contribution is -2.32. The monoisotopic (exact) mass is 275 g/mol. The van der Waals surface area contributed by atoms with Crippen molar-refractivity contribution in [3.8, 4) is 0 Å². The molecule has 1 aliphatic rings. The SMILES string of the molecule is NS(=O)(=O)C1CC(=O)N(c2cccc(Cl)n2)C1. The van der Waals surface area contributed by atoms with Crippen LogP contribution < -0.4 is 10.0 Å². The summed E-state index contributed by atoms with van der Waals surface area (Å²) in [6.07, 6.45) is -0.118. The van der Waals surface area contributed by atoms with E-state index < -0.39 is 15.3 Å². The van der Waals surface area contributed by atoms with Gasteiger partial charge in [-0.15, -0.1) is 0 Å². The standard InChI is InChI=1S/C9H10ClN3O3S/c10-7-2-1-3-8(12-7)13-5-6(4-9(13)14)17(11,15)16/h1-3,6H,4-5H2,(H2,11,15,16). The van der Waals surface area contributed by atoms with Crippen molar-refractivity contribution in [1.29, 1.82) is 0 Å². The molecular weight excluding hydrogens is 266 g/mol. The Balaban J connectivity index is 2.28. The van der Waals surface area contributed by atoms with E-state index in [1.165, 1.54) is 4.90 Å². The first kappa shape index (κ1) is 12.3. The fourth-order valence-corrected chi connectivity index (χ4v) is 2.56. The highest BCUT2D eigenvalue weighted by molar-refractivity contribution is 7.89. The highest BCUT2D eigenvalue weighted by atomic mass is 35.5. The predicted octanol–water partition coefficient (Wildman–Crippen LogP) is 0.129. The van der Waals surface area contributed by atoms with Gasteiger partial charge in [0.05, 0.1) is 0 Å². The molecule has 6 nitrogen and oxygen atoms in total. The van der Waals surface area contributed by atoms with Crippen LogP contribution in [-0.4, -0.2) is 31.1 Å². The number of nitrogens with two attached hydrogens (primary N) is 1. The maximum atomic E-state index is 11.7. The number of pyridine rings is 1. The van der Waals surface area contributed by atoms with Gasteiger partial charge >= 0.3 is 0 Å². The fraction of sp³-hybridized carbons (Fsp3) is 0.333. The highest BCUT2D eigenvalue weighted by Crippen LogP contribution is 2.23. The summed E-state index contributed by atoms with van der Waals surface area (Å²) >= 11 is 5.71. The van der Waals surface area contributed by atoms with E-state index >= 15 is 0 Å². The van der Waals surface area contributed by atoms with Crippen molar-refractivity contribution in [2.24, 2.45) is 5.14 Å². The summed E-state index contributed by atoms with van der Waals surface area (Å²) in [7, 11) is -3.71. The normalized spacial score (nSPS) is 20.9. The third-order valence-corrected chi connectivity index (χ3v) is 3.99. The summed E-state index contributed by atoms with van der Waals surface area (Å²) in [5.74, 6) is 0.0208. The number of halogens is 1. The van der Waals surface area contributed by atoms with E-state index in [0.29, 0.717) is 5.82 Å². The van der Waals surface area contributed by atoms with Gasteiger partial charge in [-0.25, -0.2) is 18.5 Å². The Morgan fingerprint density at radius 2 is 2.18 bits per heavy atom. The lowest BCUT2D eigenvalue weighted by atomic mass is 10.4. The fourth-order valence-electron chi connectivity index (χ4n) is 1.66. The van der Waals surface area contributed by atoms with E-state index in [1.54, 1.807) is 18.2 Å². The molecule has 2 rings (SSSR count). The number of rotatable bonds is 2. The van der Waals surface area contributed by atoms with Gasteiger partial charge in [0.2, 0.25) is 15.9 Å². The Labute approximate surface area is 103 Å². The smallest absolute Gasteiger partial charge is 0.229 e. The van der Waals surface area contributed by atoms with Gasteiger partial charge in [0.15, 0.2) is 0 Å². The van der Waals surface area contributed by atoms with E-state index in [2.05, 4.69) is 4.98 Å².